The third kappa shape index (κ3) is 2.55. The van der Waals surface area contributed by atoms with Gasteiger partial charge in [0.25, 0.3) is 0 Å². The zero-order chi connectivity index (χ0) is 11.4. The fourth-order valence-corrected chi connectivity index (χ4v) is 1.55. The number of ether oxygens (including phenoxy) is 1. The van der Waals surface area contributed by atoms with E-state index in [4.69, 9.17) is 4.74 Å². The Morgan fingerprint density at radius 1 is 1.60 bits per heavy atom. The highest BCUT2D eigenvalue weighted by Crippen LogP contribution is 2.24. The molecule has 1 atom stereocenters. The van der Waals surface area contributed by atoms with Crippen molar-refractivity contribution in [1.29, 1.82) is 0 Å². The molecule has 1 unspecified atom stereocenters. The Hall–Kier alpha value is -1.39. The van der Waals surface area contributed by atoms with Crippen molar-refractivity contribution in [1.82, 2.24) is 15.0 Å². The second kappa shape index (κ2) is 4.91. The van der Waals surface area contributed by atoms with Crippen LogP contribution in [0.5, 0.6) is 0 Å². The zero-order valence-corrected chi connectivity index (χ0v) is 9.60. The van der Waals surface area contributed by atoms with Gasteiger partial charge in [-0.3, -0.25) is 9.48 Å². The van der Waals surface area contributed by atoms with Gasteiger partial charge in [-0.1, -0.05) is 19.1 Å². The lowest BCUT2D eigenvalue weighted by atomic mass is 9.93. The highest BCUT2D eigenvalue weighted by Gasteiger charge is 2.28. The molecule has 84 valence electrons. The average molecular weight is 211 g/mol. The van der Waals surface area contributed by atoms with Crippen LogP contribution < -0.4 is 0 Å². The fourth-order valence-electron chi connectivity index (χ4n) is 1.55. The van der Waals surface area contributed by atoms with Crippen LogP contribution in [-0.4, -0.2) is 27.6 Å². The minimum atomic E-state index is -0.287. The van der Waals surface area contributed by atoms with Crippen LogP contribution in [0, 0.1) is 5.92 Å². The van der Waals surface area contributed by atoms with E-state index in [2.05, 4.69) is 10.3 Å². The number of carbonyl (C=O) groups excluding carboxylic acids is 1. The molecular weight excluding hydrogens is 194 g/mol. The number of rotatable bonds is 4. The summed E-state index contributed by atoms with van der Waals surface area (Å²) in [5, 5.41) is 7.59. The SMILES string of the molecule is CCOC(=O)C(c1cnnn1C)C(C)C. The third-order valence-corrected chi connectivity index (χ3v) is 2.28. The molecule has 15 heavy (non-hydrogen) atoms. The molecule has 1 aromatic rings. The molecule has 0 radical (unpaired) electrons. The number of hydrogen-bond donors (Lipinski definition) is 0. The molecule has 0 saturated carbocycles. The van der Waals surface area contributed by atoms with Crippen LogP contribution in [0.25, 0.3) is 0 Å². The Labute approximate surface area is 89.4 Å². The second-order valence-electron chi connectivity index (χ2n) is 3.76. The van der Waals surface area contributed by atoms with E-state index in [-0.39, 0.29) is 17.8 Å². The highest BCUT2D eigenvalue weighted by atomic mass is 16.5. The maximum Gasteiger partial charge on any atom is 0.315 e. The Balaban J connectivity index is 2.93. The summed E-state index contributed by atoms with van der Waals surface area (Å²) < 4.78 is 6.65. The van der Waals surface area contributed by atoms with E-state index in [0.29, 0.717) is 6.61 Å². The molecule has 0 saturated heterocycles. The van der Waals surface area contributed by atoms with Gasteiger partial charge < -0.3 is 4.74 Å². The molecule has 0 aliphatic carbocycles. The number of aryl methyl sites for hydroxylation is 1. The molecule has 0 aliphatic rings. The molecular formula is C10H17N3O2. The first-order valence-electron chi connectivity index (χ1n) is 5.09. The van der Waals surface area contributed by atoms with Gasteiger partial charge in [-0.15, -0.1) is 5.10 Å². The standard InChI is InChI=1S/C10H17N3O2/c1-5-15-10(14)9(7(2)3)8-6-11-12-13(8)4/h6-7,9H,5H2,1-4H3. The lowest BCUT2D eigenvalue weighted by Gasteiger charge is -2.18. The first-order valence-corrected chi connectivity index (χ1v) is 5.09. The molecule has 0 aromatic carbocycles. The summed E-state index contributed by atoms with van der Waals surface area (Å²) in [5.74, 6) is -0.330. The Morgan fingerprint density at radius 2 is 2.27 bits per heavy atom. The first-order chi connectivity index (χ1) is 7.07. The van der Waals surface area contributed by atoms with Crippen LogP contribution in [0.4, 0.5) is 0 Å². The number of esters is 1. The quantitative estimate of drug-likeness (QED) is 0.700. The van der Waals surface area contributed by atoms with Gasteiger partial charge >= 0.3 is 5.97 Å². The van der Waals surface area contributed by atoms with Gasteiger partial charge in [0, 0.05) is 7.05 Å². The predicted molar refractivity (Wildman–Crippen MR) is 55.2 cm³/mol. The Bertz CT molecular complexity index is 333. The van der Waals surface area contributed by atoms with Gasteiger partial charge in [0.05, 0.1) is 18.5 Å². The normalized spacial score (nSPS) is 12.9. The molecule has 1 rings (SSSR count). The number of carbonyl (C=O) groups is 1. The maximum atomic E-state index is 11.7. The topological polar surface area (TPSA) is 57.0 Å². The van der Waals surface area contributed by atoms with E-state index < -0.39 is 0 Å². The number of aromatic nitrogens is 3. The van der Waals surface area contributed by atoms with E-state index in [0.717, 1.165) is 5.69 Å². The Morgan fingerprint density at radius 3 is 2.67 bits per heavy atom. The Kier molecular flexibility index (Phi) is 3.82. The summed E-state index contributed by atoms with van der Waals surface area (Å²) in [6.07, 6.45) is 1.61. The summed E-state index contributed by atoms with van der Waals surface area (Å²) in [6.45, 7) is 6.16. The summed E-state index contributed by atoms with van der Waals surface area (Å²) in [7, 11) is 1.77. The van der Waals surface area contributed by atoms with Gasteiger partial charge in [-0.25, -0.2) is 0 Å². The van der Waals surface area contributed by atoms with Crippen LogP contribution in [0.2, 0.25) is 0 Å². The molecule has 0 bridgehead atoms. The van der Waals surface area contributed by atoms with Crippen LogP contribution in [0.1, 0.15) is 32.4 Å². The molecule has 0 aliphatic heterocycles. The van der Waals surface area contributed by atoms with Crippen LogP contribution >= 0.6 is 0 Å². The first kappa shape index (κ1) is 11.7. The van der Waals surface area contributed by atoms with Gasteiger partial charge in [0.2, 0.25) is 0 Å². The summed E-state index contributed by atoms with van der Waals surface area (Å²) in [4.78, 5) is 11.7. The average Bonchev–Trinajstić information content (AvgIpc) is 2.52. The van der Waals surface area contributed by atoms with Gasteiger partial charge in [-0.05, 0) is 12.8 Å². The van der Waals surface area contributed by atoms with E-state index in [1.165, 1.54) is 0 Å². The van der Waals surface area contributed by atoms with Crippen molar-refractivity contribution in [2.45, 2.75) is 26.7 Å². The van der Waals surface area contributed by atoms with Gasteiger partial charge in [0.15, 0.2) is 0 Å². The van der Waals surface area contributed by atoms with Crippen molar-refractivity contribution in [3.8, 4) is 0 Å². The van der Waals surface area contributed by atoms with Crippen molar-refractivity contribution < 1.29 is 9.53 Å². The van der Waals surface area contributed by atoms with Crippen LogP contribution in [0.3, 0.4) is 0 Å². The number of hydrogen-bond acceptors (Lipinski definition) is 4. The van der Waals surface area contributed by atoms with Crippen molar-refractivity contribution in [2.75, 3.05) is 6.61 Å². The molecule has 0 spiro atoms. The molecule has 0 fully saturated rings. The maximum absolute atomic E-state index is 11.7. The van der Waals surface area contributed by atoms with E-state index in [9.17, 15) is 4.79 Å². The molecule has 5 nitrogen and oxygen atoms in total. The van der Waals surface area contributed by atoms with Crippen molar-refractivity contribution >= 4 is 5.97 Å². The smallest absolute Gasteiger partial charge is 0.315 e. The summed E-state index contributed by atoms with van der Waals surface area (Å²) in [6, 6.07) is 0. The lowest BCUT2D eigenvalue weighted by molar-refractivity contribution is -0.146. The predicted octanol–water partition coefficient (Wildman–Crippen LogP) is 1.12. The van der Waals surface area contributed by atoms with Gasteiger partial charge in [0.1, 0.15) is 5.92 Å². The zero-order valence-electron chi connectivity index (χ0n) is 9.60. The molecule has 5 heteroatoms. The molecule has 0 amide bonds. The van der Waals surface area contributed by atoms with E-state index in [1.54, 1.807) is 24.9 Å². The summed E-state index contributed by atoms with van der Waals surface area (Å²) >= 11 is 0. The van der Waals surface area contributed by atoms with Gasteiger partial charge in [-0.2, -0.15) is 0 Å². The molecule has 1 heterocycles. The minimum Gasteiger partial charge on any atom is -0.465 e. The monoisotopic (exact) mass is 211 g/mol. The van der Waals surface area contributed by atoms with Crippen molar-refractivity contribution in [3.63, 3.8) is 0 Å². The lowest BCUT2D eigenvalue weighted by Crippen LogP contribution is -2.23. The van der Waals surface area contributed by atoms with E-state index >= 15 is 0 Å². The number of nitrogens with zero attached hydrogens (tertiary/aromatic N) is 3. The van der Waals surface area contributed by atoms with E-state index in [1.807, 2.05) is 13.8 Å². The fraction of sp³-hybridized carbons (Fsp3) is 0.700. The largest absolute Gasteiger partial charge is 0.465 e. The van der Waals surface area contributed by atoms with Crippen molar-refractivity contribution in [3.05, 3.63) is 11.9 Å². The summed E-state index contributed by atoms with van der Waals surface area (Å²) in [5.41, 5.74) is 0.795. The minimum absolute atomic E-state index is 0.168. The van der Waals surface area contributed by atoms with Crippen LogP contribution in [0.15, 0.2) is 6.20 Å². The van der Waals surface area contributed by atoms with Crippen molar-refractivity contribution in [2.24, 2.45) is 13.0 Å². The highest BCUT2D eigenvalue weighted by molar-refractivity contribution is 5.77. The second-order valence-corrected chi connectivity index (χ2v) is 3.76. The van der Waals surface area contributed by atoms with Crippen LogP contribution in [-0.2, 0) is 16.6 Å². The molecule has 0 N–H and O–H groups in total. The molecule has 1 aromatic heterocycles. The third-order valence-electron chi connectivity index (χ3n) is 2.28.